The van der Waals surface area contributed by atoms with Crippen LogP contribution in [0.3, 0.4) is 0 Å². The first-order valence-corrected chi connectivity index (χ1v) is 5.97. The van der Waals surface area contributed by atoms with Crippen molar-refractivity contribution in [2.75, 3.05) is 0 Å². The Morgan fingerprint density at radius 1 is 1.12 bits per heavy atom. The van der Waals surface area contributed by atoms with Crippen molar-refractivity contribution >= 4 is 5.78 Å². The van der Waals surface area contributed by atoms with E-state index in [0.717, 1.165) is 35.5 Å². The molecule has 1 aromatic heterocycles. The molecule has 1 heterocycles. The van der Waals surface area contributed by atoms with E-state index in [2.05, 4.69) is 19.1 Å². The average molecular weight is 226 g/mol. The molecule has 0 atom stereocenters. The van der Waals surface area contributed by atoms with Gasteiger partial charge >= 0.3 is 0 Å². The lowest BCUT2D eigenvalue weighted by Crippen LogP contribution is -2.07. The molecule has 0 aliphatic heterocycles. The minimum atomic E-state index is 0.216. The fourth-order valence-corrected chi connectivity index (χ4v) is 2.25. The number of fused-ring (bicyclic) bond motifs is 1. The summed E-state index contributed by atoms with van der Waals surface area (Å²) >= 11 is 0. The Hall–Kier alpha value is -1.83. The zero-order valence-electron chi connectivity index (χ0n) is 9.82. The van der Waals surface area contributed by atoms with Crippen LogP contribution in [0, 0.1) is 6.92 Å². The normalized spacial score (nSPS) is 14.8. The second-order valence-corrected chi connectivity index (χ2v) is 4.59. The molecule has 0 saturated heterocycles. The topological polar surface area (TPSA) is 30.2 Å². The predicted octanol–water partition coefficient (Wildman–Crippen LogP) is 3.77. The van der Waals surface area contributed by atoms with Crippen LogP contribution in [0.15, 0.2) is 34.7 Å². The third-order valence-electron chi connectivity index (χ3n) is 3.25. The standard InChI is InChI=1S/C15H14O2/c1-10-5-7-11(8-6-10)15-9-12-13(16)3-2-4-14(12)17-15/h5-9H,2-4H2,1H3. The van der Waals surface area contributed by atoms with Crippen LogP contribution in [0.1, 0.15) is 34.5 Å². The molecule has 2 heteroatoms. The van der Waals surface area contributed by atoms with Crippen molar-refractivity contribution in [3.63, 3.8) is 0 Å². The first-order valence-electron chi connectivity index (χ1n) is 5.97. The molecule has 0 fully saturated rings. The number of hydrogen-bond donors (Lipinski definition) is 0. The predicted molar refractivity (Wildman–Crippen MR) is 66.1 cm³/mol. The van der Waals surface area contributed by atoms with Gasteiger partial charge in [0.25, 0.3) is 0 Å². The Bertz CT molecular complexity index is 561. The van der Waals surface area contributed by atoms with Gasteiger partial charge in [0.2, 0.25) is 0 Å². The summed E-state index contributed by atoms with van der Waals surface area (Å²) in [5.41, 5.74) is 3.05. The lowest BCUT2D eigenvalue weighted by atomic mass is 9.97. The summed E-state index contributed by atoms with van der Waals surface area (Å²) in [5, 5.41) is 0. The van der Waals surface area contributed by atoms with Crippen molar-refractivity contribution < 1.29 is 9.21 Å². The Morgan fingerprint density at radius 3 is 2.59 bits per heavy atom. The van der Waals surface area contributed by atoms with Gasteiger partial charge in [-0.05, 0) is 19.4 Å². The van der Waals surface area contributed by atoms with Gasteiger partial charge in [0.15, 0.2) is 5.78 Å². The maximum Gasteiger partial charge on any atom is 0.166 e. The molecule has 1 aliphatic carbocycles. The number of carbonyl (C=O) groups excluding carboxylic acids is 1. The van der Waals surface area contributed by atoms with Gasteiger partial charge in [0.05, 0.1) is 5.56 Å². The lowest BCUT2D eigenvalue weighted by molar-refractivity contribution is 0.0969. The average Bonchev–Trinajstić information content (AvgIpc) is 2.75. The van der Waals surface area contributed by atoms with Gasteiger partial charge in [-0.25, -0.2) is 0 Å². The van der Waals surface area contributed by atoms with Gasteiger partial charge < -0.3 is 4.42 Å². The Morgan fingerprint density at radius 2 is 1.88 bits per heavy atom. The van der Waals surface area contributed by atoms with Gasteiger partial charge in [-0.2, -0.15) is 0 Å². The highest BCUT2D eigenvalue weighted by atomic mass is 16.3. The summed E-state index contributed by atoms with van der Waals surface area (Å²) < 4.78 is 5.78. The van der Waals surface area contributed by atoms with E-state index in [1.807, 2.05) is 18.2 Å². The second kappa shape index (κ2) is 3.88. The minimum Gasteiger partial charge on any atom is -0.460 e. The van der Waals surface area contributed by atoms with E-state index in [1.165, 1.54) is 5.56 Å². The number of ketones is 1. The molecule has 1 aliphatic rings. The number of Topliss-reactive ketones (excluding diaryl/α,β-unsaturated/α-hetero) is 1. The molecular formula is C15H14O2. The number of rotatable bonds is 1. The van der Waals surface area contributed by atoms with Crippen LogP contribution in [0.2, 0.25) is 0 Å². The maximum atomic E-state index is 11.7. The number of furan rings is 1. The molecule has 2 aromatic rings. The van der Waals surface area contributed by atoms with Gasteiger partial charge in [-0.15, -0.1) is 0 Å². The van der Waals surface area contributed by atoms with Crippen molar-refractivity contribution in [3.05, 3.63) is 47.2 Å². The summed E-state index contributed by atoms with van der Waals surface area (Å²) in [6, 6.07) is 10.1. The molecule has 0 saturated carbocycles. The third kappa shape index (κ3) is 1.80. The van der Waals surface area contributed by atoms with Crippen LogP contribution in [-0.4, -0.2) is 5.78 Å². The van der Waals surface area contributed by atoms with E-state index >= 15 is 0 Å². The Kier molecular flexibility index (Phi) is 2.36. The summed E-state index contributed by atoms with van der Waals surface area (Å²) in [6.45, 7) is 2.06. The monoisotopic (exact) mass is 226 g/mol. The van der Waals surface area contributed by atoms with E-state index in [1.54, 1.807) is 0 Å². The maximum absolute atomic E-state index is 11.7. The molecule has 0 unspecified atom stereocenters. The van der Waals surface area contributed by atoms with Gasteiger partial charge in [-0.3, -0.25) is 4.79 Å². The first kappa shape index (κ1) is 10.3. The van der Waals surface area contributed by atoms with Crippen LogP contribution in [0.5, 0.6) is 0 Å². The van der Waals surface area contributed by atoms with Crippen molar-refractivity contribution in [1.29, 1.82) is 0 Å². The van der Waals surface area contributed by atoms with Crippen LogP contribution < -0.4 is 0 Å². The van der Waals surface area contributed by atoms with Crippen LogP contribution in [0.25, 0.3) is 11.3 Å². The molecule has 3 rings (SSSR count). The molecule has 17 heavy (non-hydrogen) atoms. The van der Waals surface area contributed by atoms with E-state index in [-0.39, 0.29) is 5.78 Å². The van der Waals surface area contributed by atoms with E-state index in [4.69, 9.17) is 4.42 Å². The summed E-state index contributed by atoms with van der Waals surface area (Å²) in [7, 11) is 0. The van der Waals surface area contributed by atoms with Crippen LogP contribution in [-0.2, 0) is 6.42 Å². The molecule has 0 bridgehead atoms. The SMILES string of the molecule is Cc1ccc(-c2cc3c(o2)CCCC3=O)cc1. The van der Waals surface area contributed by atoms with Crippen LogP contribution >= 0.6 is 0 Å². The highest BCUT2D eigenvalue weighted by molar-refractivity contribution is 5.98. The summed E-state index contributed by atoms with van der Waals surface area (Å²) in [4.78, 5) is 11.7. The molecule has 1 aromatic carbocycles. The van der Waals surface area contributed by atoms with Crippen molar-refractivity contribution in [1.82, 2.24) is 0 Å². The number of benzene rings is 1. The molecule has 2 nitrogen and oxygen atoms in total. The fourth-order valence-electron chi connectivity index (χ4n) is 2.25. The first-order chi connectivity index (χ1) is 8.24. The van der Waals surface area contributed by atoms with Crippen LogP contribution in [0.4, 0.5) is 0 Å². The summed E-state index contributed by atoms with van der Waals surface area (Å²) in [6.07, 6.45) is 2.44. The zero-order chi connectivity index (χ0) is 11.8. The van der Waals surface area contributed by atoms with Crippen molar-refractivity contribution in [3.8, 4) is 11.3 Å². The molecular weight excluding hydrogens is 212 g/mol. The Balaban J connectivity index is 2.05. The van der Waals surface area contributed by atoms with Gasteiger partial charge in [0.1, 0.15) is 11.5 Å². The molecule has 86 valence electrons. The van der Waals surface area contributed by atoms with Gasteiger partial charge in [0, 0.05) is 18.4 Å². The van der Waals surface area contributed by atoms with E-state index in [9.17, 15) is 4.79 Å². The molecule has 0 N–H and O–H groups in total. The molecule has 0 spiro atoms. The molecule has 0 amide bonds. The third-order valence-corrected chi connectivity index (χ3v) is 3.25. The van der Waals surface area contributed by atoms with E-state index < -0.39 is 0 Å². The summed E-state index contributed by atoms with van der Waals surface area (Å²) in [5.74, 6) is 1.88. The molecule has 0 radical (unpaired) electrons. The highest BCUT2D eigenvalue weighted by Gasteiger charge is 2.22. The van der Waals surface area contributed by atoms with Gasteiger partial charge in [-0.1, -0.05) is 29.8 Å². The number of aryl methyl sites for hydroxylation is 2. The second-order valence-electron chi connectivity index (χ2n) is 4.59. The quantitative estimate of drug-likeness (QED) is 0.740. The Labute approximate surface area is 100 Å². The van der Waals surface area contributed by atoms with Crippen molar-refractivity contribution in [2.45, 2.75) is 26.2 Å². The minimum absolute atomic E-state index is 0.216. The number of hydrogen-bond acceptors (Lipinski definition) is 2. The van der Waals surface area contributed by atoms with Crippen molar-refractivity contribution in [2.24, 2.45) is 0 Å². The zero-order valence-corrected chi connectivity index (χ0v) is 9.82. The largest absolute Gasteiger partial charge is 0.460 e. The highest BCUT2D eigenvalue weighted by Crippen LogP contribution is 2.30. The van der Waals surface area contributed by atoms with E-state index in [0.29, 0.717) is 6.42 Å². The number of carbonyl (C=O) groups is 1. The lowest BCUT2D eigenvalue weighted by Gasteiger charge is -2.06. The smallest absolute Gasteiger partial charge is 0.166 e. The fraction of sp³-hybridized carbons (Fsp3) is 0.267.